The number of anilines is 1. The van der Waals surface area contributed by atoms with Gasteiger partial charge in [0, 0.05) is 18.1 Å². The van der Waals surface area contributed by atoms with Crippen molar-refractivity contribution < 1.29 is 9.53 Å². The van der Waals surface area contributed by atoms with Crippen molar-refractivity contribution in [3.05, 3.63) is 42.2 Å². The smallest absolute Gasteiger partial charge is 0.252 e. The van der Waals surface area contributed by atoms with Crippen molar-refractivity contribution in [1.82, 2.24) is 15.3 Å². The second-order valence-electron chi connectivity index (χ2n) is 4.55. The number of ether oxygens (including phenoxy) is 1. The quantitative estimate of drug-likeness (QED) is 0.807. The Hall–Kier alpha value is -2.47. The zero-order chi connectivity index (χ0) is 13.9. The normalized spacial score (nSPS) is 14.6. The molecule has 0 saturated carbocycles. The minimum Gasteiger partial charge on any atom is -0.398 e. The molecule has 6 nitrogen and oxygen atoms in total. The van der Waals surface area contributed by atoms with Gasteiger partial charge in [0.25, 0.3) is 5.91 Å². The highest BCUT2D eigenvalue weighted by Crippen LogP contribution is 2.26. The number of nitrogens with two attached hydrogens (primary N) is 1. The fraction of sp³-hybridized carbons (Fsp3) is 0.214. The van der Waals surface area contributed by atoms with E-state index in [1.54, 1.807) is 36.7 Å². The third-order valence-electron chi connectivity index (χ3n) is 3.10. The molecule has 1 aliphatic rings. The van der Waals surface area contributed by atoms with Crippen LogP contribution in [0.25, 0.3) is 11.4 Å². The van der Waals surface area contributed by atoms with Crippen LogP contribution in [0.4, 0.5) is 5.69 Å². The van der Waals surface area contributed by atoms with Gasteiger partial charge < -0.3 is 15.8 Å². The van der Waals surface area contributed by atoms with Gasteiger partial charge in [-0.1, -0.05) is 6.07 Å². The molecule has 3 rings (SSSR count). The number of nitrogens with one attached hydrogen (secondary N) is 1. The number of carbonyl (C=O) groups is 1. The maximum absolute atomic E-state index is 12.3. The van der Waals surface area contributed by atoms with Gasteiger partial charge in [-0.3, -0.25) is 4.79 Å². The lowest BCUT2D eigenvalue weighted by molar-refractivity contribution is -0.00345. The Bertz CT molecular complexity index is 626. The predicted octanol–water partition coefficient (Wildman–Crippen LogP) is 0.854. The Morgan fingerprint density at radius 2 is 2.00 bits per heavy atom. The van der Waals surface area contributed by atoms with Gasteiger partial charge in [0.05, 0.1) is 30.4 Å². The molecule has 0 bridgehead atoms. The summed E-state index contributed by atoms with van der Waals surface area (Å²) < 4.78 is 5.05. The minimum absolute atomic E-state index is 0.0634. The first-order valence-electron chi connectivity index (χ1n) is 6.30. The van der Waals surface area contributed by atoms with Gasteiger partial charge in [-0.2, -0.15) is 0 Å². The van der Waals surface area contributed by atoms with Crippen molar-refractivity contribution in [2.45, 2.75) is 6.04 Å². The molecule has 1 saturated heterocycles. The van der Waals surface area contributed by atoms with Crippen molar-refractivity contribution in [3.8, 4) is 11.4 Å². The molecule has 0 aliphatic carbocycles. The van der Waals surface area contributed by atoms with E-state index >= 15 is 0 Å². The highest BCUT2D eigenvalue weighted by molar-refractivity contribution is 6.02. The third kappa shape index (κ3) is 2.33. The van der Waals surface area contributed by atoms with Crippen LogP contribution in [0.1, 0.15) is 10.4 Å². The number of hydrogen-bond donors (Lipinski definition) is 2. The van der Waals surface area contributed by atoms with Crippen molar-refractivity contribution in [3.63, 3.8) is 0 Å². The SMILES string of the molecule is Nc1cccc(C(=O)NC2COC2)c1-c1ncccn1. The Kier molecular flexibility index (Phi) is 3.30. The Morgan fingerprint density at radius 1 is 1.25 bits per heavy atom. The van der Waals surface area contributed by atoms with Crippen LogP contribution in [0.5, 0.6) is 0 Å². The molecular formula is C14H14N4O2. The van der Waals surface area contributed by atoms with Crippen molar-refractivity contribution in [1.29, 1.82) is 0 Å². The van der Waals surface area contributed by atoms with Gasteiger partial charge in [0.1, 0.15) is 0 Å². The average molecular weight is 270 g/mol. The summed E-state index contributed by atoms with van der Waals surface area (Å²) in [6, 6.07) is 6.97. The molecule has 1 aromatic carbocycles. The average Bonchev–Trinajstić information content (AvgIpc) is 2.43. The number of amides is 1. The van der Waals surface area contributed by atoms with Crippen LogP contribution in [0.15, 0.2) is 36.7 Å². The molecule has 1 aliphatic heterocycles. The zero-order valence-electron chi connectivity index (χ0n) is 10.7. The summed E-state index contributed by atoms with van der Waals surface area (Å²) in [5, 5.41) is 2.89. The molecule has 0 radical (unpaired) electrons. The lowest BCUT2D eigenvalue weighted by atomic mass is 10.0. The van der Waals surface area contributed by atoms with E-state index in [0.717, 1.165) is 0 Å². The van der Waals surface area contributed by atoms with Crippen LogP contribution in [-0.2, 0) is 4.74 Å². The molecule has 2 heterocycles. The number of rotatable bonds is 3. The molecule has 1 amide bonds. The Balaban J connectivity index is 1.98. The molecule has 0 unspecified atom stereocenters. The summed E-state index contributed by atoms with van der Waals surface area (Å²) in [5.74, 6) is 0.258. The van der Waals surface area contributed by atoms with Crippen molar-refractivity contribution in [2.75, 3.05) is 18.9 Å². The molecule has 1 fully saturated rings. The van der Waals surface area contributed by atoms with E-state index in [2.05, 4.69) is 15.3 Å². The van der Waals surface area contributed by atoms with E-state index in [0.29, 0.717) is 35.9 Å². The van der Waals surface area contributed by atoms with Gasteiger partial charge in [-0.15, -0.1) is 0 Å². The van der Waals surface area contributed by atoms with E-state index in [1.807, 2.05) is 0 Å². The van der Waals surface area contributed by atoms with Crippen LogP contribution in [0.2, 0.25) is 0 Å². The van der Waals surface area contributed by atoms with Gasteiger partial charge in [0.2, 0.25) is 0 Å². The molecule has 0 atom stereocenters. The molecule has 0 spiro atoms. The standard InChI is InChI=1S/C14H14N4O2/c15-11-4-1-3-10(14(19)18-9-7-20-8-9)12(11)13-16-5-2-6-17-13/h1-6,9H,7-8,15H2,(H,18,19). The zero-order valence-corrected chi connectivity index (χ0v) is 10.7. The van der Waals surface area contributed by atoms with Gasteiger partial charge in [-0.25, -0.2) is 9.97 Å². The van der Waals surface area contributed by atoms with Gasteiger partial charge >= 0.3 is 0 Å². The molecule has 1 aromatic heterocycles. The molecule has 20 heavy (non-hydrogen) atoms. The number of hydrogen-bond acceptors (Lipinski definition) is 5. The fourth-order valence-electron chi connectivity index (χ4n) is 2.02. The first-order valence-corrected chi connectivity index (χ1v) is 6.30. The second kappa shape index (κ2) is 5.26. The lowest BCUT2D eigenvalue weighted by Gasteiger charge is -2.27. The summed E-state index contributed by atoms with van der Waals surface area (Å²) >= 11 is 0. The Labute approximate surface area is 116 Å². The summed E-state index contributed by atoms with van der Waals surface area (Å²) in [5.41, 5.74) is 7.50. The second-order valence-corrected chi connectivity index (χ2v) is 4.55. The summed E-state index contributed by atoms with van der Waals surface area (Å²) in [6.07, 6.45) is 3.24. The largest absolute Gasteiger partial charge is 0.398 e. The number of nitrogens with zero attached hydrogens (tertiary/aromatic N) is 2. The Morgan fingerprint density at radius 3 is 2.65 bits per heavy atom. The lowest BCUT2D eigenvalue weighted by Crippen LogP contribution is -2.48. The molecule has 3 N–H and O–H groups in total. The van der Waals surface area contributed by atoms with Crippen molar-refractivity contribution >= 4 is 11.6 Å². The number of carbonyl (C=O) groups excluding carboxylic acids is 1. The summed E-state index contributed by atoms with van der Waals surface area (Å²) in [7, 11) is 0. The number of nitrogen functional groups attached to an aromatic ring is 1. The molecule has 2 aromatic rings. The van der Waals surface area contributed by atoms with E-state index < -0.39 is 0 Å². The number of benzene rings is 1. The predicted molar refractivity (Wildman–Crippen MR) is 74.0 cm³/mol. The van der Waals surface area contributed by atoms with E-state index in [-0.39, 0.29) is 11.9 Å². The fourth-order valence-corrected chi connectivity index (χ4v) is 2.02. The van der Waals surface area contributed by atoms with Crippen molar-refractivity contribution in [2.24, 2.45) is 0 Å². The first kappa shape index (κ1) is 12.6. The van der Waals surface area contributed by atoms with Crippen LogP contribution >= 0.6 is 0 Å². The number of aromatic nitrogens is 2. The summed E-state index contributed by atoms with van der Waals surface area (Å²) in [4.78, 5) is 20.7. The van der Waals surface area contributed by atoms with Gasteiger partial charge in [0.15, 0.2) is 5.82 Å². The topological polar surface area (TPSA) is 90.1 Å². The monoisotopic (exact) mass is 270 g/mol. The highest BCUT2D eigenvalue weighted by atomic mass is 16.5. The summed E-state index contributed by atoms with van der Waals surface area (Å²) in [6.45, 7) is 1.09. The van der Waals surface area contributed by atoms with Crippen LogP contribution in [0, 0.1) is 0 Å². The first-order chi connectivity index (χ1) is 9.75. The molecule has 6 heteroatoms. The van der Waals surface area contributed by atoms with Gasteiger partial charge in [-0.05, 0) is 18.2 Å². The van der Waals surface area contributed by atoms with Crippen LogP contribution < -0.4 is 11.1 Å². The molecule has 102 valence electrons. The molecular weight excluding hydrogens is 256 g/mol. The van der Waals surface area contributed by atoms with Crippen LogP contribution in [-0.4, -0.2) is 35.1 Å². The van der Waals surface area contributed by atoms with E-state index in [9.17, 15) is 4.79 Å². The minimum atomic E-state index is -0.187. The third-order valence-corrected chi connectivity index (χ3v) is 3.10. The van der Waals surface area contributed by atoms with Crippen LogP contribution in [0.3, 0.4) is 0 Å². The highest BCUT2D eigenvalue weighted by Gasteiger charge is 2.23. The van der Waals surface area contributed by atoms with E-state index in [4.69, 9.17) is 10.5 Å². The maximum Gasteiger partial charge on any atom is 0.252 e. The van der Waals surface area contributed by atoms with E-state index in [1.165, 1.54) is 0 Å². The maximum atomic E-state index is 12.3.